The van der Waals surface area contributed by atoms with Crippen molar-refractivity contribution in [1.82, 2.24) is 15.1 Å². The molecule has 0 aliphatic carbocycles. The van der Waals surface area contributed by atoms with Crippen LogP contribution in [0.15, 0.2) is 38.5 Å². The number of hydrogen-bond donors (Lipinski definition) is 2. The average molecular weight is 483 g/mol. The van der Waals surface area contributed by atoms with E-state index in [2.05, 4.69) is 52.5 Å². The summed E-state index contributed by atoms with van der Waals surface area (Å²) in [6.07, 6.45) is 0. The lowest BCUT2D eigenvalue weighted by Gasteiger charge is -2.11. The molecular weight excluding hydrogens is 456 g/mol. The second-order valence-corrected chi connectivity index (χ2v) is 11.1. The number of aryl methyl sites for hydroxylation is 3. The number of benzene rings is 1. The predicted octanol–water partition coefficient (Wildman–Crippen LogP) is 5.74. The molecule has 1 amide bonds. The fourth-order valence-corrected chi connectivity index (χ4v) is 5.43. The maximum atomic E-state index is 12.9. The SMILES string of the molecule is Cc1ccc(C)c(SCc2nc3sc(C(=O)Nc4cc(C(C)(C)C)on4)c(C)c3c(=O)[nH]2)c1. The first-order valence-electron chi connectivity index (χ1n) is 10.5. The number of nitrogens with zero attached hydrogens (tertiary/aromatic N) is 2. The molecule has 33 heavy (non-hydrogen) atoms. The van der Waals surface area contributed by atoms with Gasteiger partial charge in [0.25, 0.3) is 11.5 Å². The van der Waals surface area contributed by atoms with Crippen LogP contribution in [-0.2, 0) is 11.2 Å². The van der Waals surface area contributed by atoms with Crippen molar-refractivity contribution in [3.05, 3.63) is 67.8 Å². The Hall–Kier alpha value is -2.91. The van der Waals surface area contributed by atoms with E-state index in [0.717, 1.165) is 4.90 Å². The normalized spacial score (nSPS) is 11.8. The largest absolute Gasteiger partial charge is 0.359 e. The molecule has 0 spiro atoms. The van der Waals surface area contributed by atoms with Crippen LogP contribution < -0.4 is 10.9 Å². The average Bonchev–Trinajstić information content (AvgIpc) is 3.33. The standard InChI is InChI=1S/C24H26N4O3S2/c1-12-7-8-13(2)15(9-12)32-11-18-26-21(29)19-14(3)20(33-23(19)27-18)22(30)25-17-10-16(31-28-17)24(4,5)6/h7-10H,11H2,1-6H3,(H,25,28,30)(H,26,27,29). The molecule has 0 unspecified atom stereocenters. The molecule has 2 N–H and O–H groups in total. The molecule has 172 valence electrons. The third-order valence-electron chi connectivity index (χ3n) is 5.25. The van der Waals surface area contributed by atoms with Crippen molar-refractivity contribution in [1.29, 1.82) is 0 Å². The number of hydrogen-bond acceptors (Lipinski definition) is 7. The van der Waals surface area contributed by atoms with Gasteiger partial charge in [0.2, 0.25) is 0 Å². The van der Waals surface area contributed by atoms with Crippen LogP contribution in [0.3, 0.4) is 0 Å². The number of aromatic amines is 1. The lowest BCUT2D eigenvalue weighted by Crippen LogP contribution is -2.13. The van der Waals surface area contributed by atoms with Gasteiger partial charge in [-0.05, 0) is 38.0 Å². The molecule has 9 heteroatoms. The minimum absolute atomic E-state index is 0.216. The predicted molar refractivity (Wildman–Crippen MR) is 134 cm³/mol. The van der Waals surface area contributed by atoms with E-state index in [0.29, 0.717) is 43.8 Å². The first-order valence-corrected chi connectivity index (χ1v) is 12.3. The number of anilines is 1. The van der Waals surface area contributed by atoms with E-state index < -0.39 is 0 Å². The second-order valence-electron chi connectivity index (χ2n) is 9.09. The molecule has 7 nitrogen and oxygen atoms in total. The topological polar surface area (TPSA) is 101 Å². The van der Waals surface area contributed by atoms with Crippen molar-refractivity contribution in [2.75, 3.05) is 5.32 Å². The summed E-state index contributed by atoms with van der Waals surface area (Å²) in [4.78, 5) is 35.4. The second kappa shape index (κ2) is 8.79. The fraction of sp³-hybridized carbons (Fsp3) is 0.333. The van der Waals surface area contributed by atoms with Crippen molar-refractivity contribution >= 4 is 45.0 Å². The van der Waals surface area contributed by atoms with Crippen LogP contribution in [0, 0.1) is 20.8 Å². The lowest BCUT2D eigenvalue weighted by molar-refractivity contribution is 0.102. The van der Waals surface area contributed by atoms with Gasteiger partial charge in [-0.15, -0.1) is 23.1 Å². The molecule has 0 aliphatic rings. The smallest absolute Gasteiger partial charge is 0.267 e. The van der Waals surface area contributed by atoms with Crippen molar-refractivity contribution < 1.29 is 9.32 Å². The van der Waals surface area contributed by atoms with E-state index in [-0.39, 0.29) is 16.9 Å². The van der Waals surface area contributed by atoms with Crippen LogP contribution >= 0.6 is 23.1 Å². The van der Waals surface area contributed by atoms with E-state index in [9.17, 15) is 9.59 Å². The zero-order chi connectivity index (χ0) is 23.9. The van der Waals surface area contributed by atoms with Crippen LogP contribution in [0.25, 0.3) is 10.2 Å². The molecule has 0 radical (unpaired) electrons. The van der Waals surface area contributed by atoms with Crippen LogP contribution in [0.5, 0.6) is 0 Å². The fourth-order valence-electron chi connectivity index (χ4n) is 3.34. The van der Waals surface area contributed by atoms with E-state index in [1.807, 2.05) is 20.8 Å². The maximum absolute atomic E-state index is 12.9. The van der Waals surface area contributed by atoms with Gasteiger partial charge in [-0.1, -0.05) is 43.6 Å². The quantitative estimate of drug-likeness (QED) is 0.352. The number of carbonyl (C=O) groups is 1. The highest BCUT2D eigenvalue weighted by Gasteiger charge is 2.23. The Bertz CT molecular complexity index is 1410. The number of amides is 1. The Balaban J connectivity index is 1.58. The molecule has 3 aromatic heterocycles. The molecule has 3 heterocycles. The Kier molecular flexibility index (Phi) is 6.20. The van der Waals surface area contributed by atoms with Gasteiger partial charge in [-0.3, -0.25) is 9.59 Å². The zero-order valence-electron chi connectivity index (χ0n) is 19.5. The van der Waals surface area contributed by atoms with Crippen molar-refractivity contribution in [3.8, 4) is 0 Å². The monoisotopic (exact) mass is 482 g/mol. The van der Waals surface area contributed by atoms with E-state index >= 15 is 0 Å². The van der Waals surface area contributed by atoms with E-state index in [1.165, 1.54) is 22.5 Å². The van der Waals surface area contributed by atoms with Gasteiger partial charge < -0.3 is 14.8 Å². The molecular formula is C24H26N4O3S2. The van der Waals surface area contributed by atoms with Crippen LogP contribution in [0.2, 0.25) is 0 Å². The van der Waals surface area contributed by atoms with E-state index in [1.54, 1.807) is 24.8 Å². The third kappa shape index (κ3) is 4.89. The molecule has 4 rings (SSSR count). The number of thiophene rings is 1. The maximum Gasteiger partial charge on any atom is 0.267 e. The summed E-state index contributed by atoms with van der Waals surface area (Å²) in [5, 5.41) is 7.15. The summed E-state index contributed by atoms with van der Waals surface area (Å²) in [6, 6.07) is 8.01. The summed E-state index contributed by atoms with van der Waals surface area (Å²) in [5.74, 6) is 1.79. The van der Waals surface area contributed by atoms with E-state index in [4.69, 9.17) is 4.52 Å². The molecule has 0 atom stereocenters. The molecule has 1 aromatic carbocycles. The van der Waals surface area contributed by atoms with Gasteiger partial charge in [-0.25, -0.2) is 4.98 Å². The number of nitrogens with one attached hydrogen (secondary N) is 2. The molecule has 0 saturated heterocycles. The van der Waals surface area contributed by atoms with Crippen molar-refractivity contribution in [2.45, 2.75) is 57.6 Å². The summed E-state index contributed by atoms with van der Waals surface area (Å²) in [7, 11) is 0. The number of H-pyrrole nitrogens is 1. The first-order chi connectivity index (χ1) is 15.5. The minimum atomic E-state index is -0.338. The Morgan fingerprint density at radius 1 is 1.21 bits per heavy atom. The van der Waals surface area contributed by atoms with Gasteiger partial charge in [0.1, 0.15) is 16.4 Å². The molecule has 4 aromatic rings. The Morgan fingerprint density at radius 3 is 2.67 bits per heavy atom. The summed E-state index contributed by atoms with van der Waals surface area (Å²) in [5.41, 5.74) is 2.52. The van der Waals surface area contributed by atoms with Crippen LogP contribution in [0.1, 0.15) is 58.7 Å². The summed E-state index contributed by atoms with van der Waals surface area (Å²) in [6.45, 7) is 11.9. The van der Waals surface area contributed by atoms with Crippen LogP contribution in [-0.4, -0.2) is 21.0 Å². The van der Waals surface area contributed by atoms with Gasteiger partial charge in [0.15, 0.2) is 5.82 Å². The number of aromatic nitrogens is 3. The van der Waals surface area contributed by atoms with Gasteiger partial charge in [0, 0.05) is 16.4 Å². The number of rotatable bonds is 5. The number of thioether (sulfide) groups is 1. The Morgan fingerprint density at radius 2 is 1.97 bits per heavy atom. The van der Waals surface area contributed by atoms with Gasteiger partial charge in [0.05, 0.1) is 16.0 Å². The van der Waals surface area contributed by atoms with Gasteiger partial charge >= 0.3 is 0 Å². The van der Waals surface area contributed by atoms with Crippen molar-refractivity contribution in [2.24, 2.45) is 0 Å². The number of carbonyl (C=O) groups excluding carboxylic acids is 1. The zero-order valence-corrected chi connectivity index (χ0v) is 21.1. The summed E-state index contributed by atoms with van der Waals surface area (Å²) >= 11 is 2.84. The molecule has 0 fully saturated rings. The summed E-state index contributed by atoms with van der Waals surface area (Å²) < 4.78 is 5.34. The van der Waals surface area contributed by atoms with Crippen molar-refractivity contribution in [3.63, 3.8) is 0 Å². The molecule has 0 aliphatic heterocycles. The Labute approximate surface area is 200 Å². The lowest BCUT2D eigenvalue weighted by atomic mass is 9.93. The number of fused-ring (bicyclic) bond motifs is 1. The molecule has 0 bridgehead atoms. The van der Waals surface area contributed by atoms with Crippen LogP contribution in [0.4, 0.5) is 5.82 Å². The molecule has 0 saturated carbocycles. The highest BCUT2D eigenvalue weighted by molar-refractivity contribution is 7.98. The highest BCUT2D eigenvalue weighted by Crippen LogP contribution is 2.30. The van der Waals surface area contributed by atoms with Gasteiger partial charge in [-0.2, -0.15) is 0 Å². The minimum Gasteiger partial charge on any atom is -0.359 e. The highest BCUT2D eigenvalue weighted by atomic mass is 32.2. The first kappa shape index (κ1) is 23.3. The third-order valence-corrected chi connectivity index (χ3v) is 7.61.